The summed E-state index contributed by atoms with van der Waals surface area (Å²) in [4.78, 5) is 0. The summed E-state index contributed by atoms with van der Waals surface area (Å²) in [6, 6.07) is 6.40. The van der Waals surface area contributed by atoms with Gasteiger partial charge in [-0.25, -0.2) is 0 Å². The second-order valence-electron chi connectivity index (χ2n) is 4.34. The van der Waals surface area contributed by atoms with E-state index in [-0.39, 0.29) is 0 Å². The quantitative estimate of drug-likeness (QED) is 0.798. The minimum absolute atomic E-state index is 0.644. The van der Waals surface area contributed by atoms with Gasteiger partial charge < -0.3 is 5.32 Å². The fourth-order valence-corrected chi connectivity index (χ4v) is 2.60. The molecule has 0 radical (unpaired) electrons. The summed E-state index contributed by atoms with van der Waals surface area (Å²) in [5, 5.41) is 12.0. The van der Waals surface area contributed by atoms with E-state index in [2.05, 4.69) is 33.7 Å². The van der Waals surface area contributed by atoms with E-state index in [0.29, 0.717) is 11.1 Å². The van der Waals surface area contributed by atoms with Crippen LogP contribution in [0.3, 0.4) is 0 Å². The van der Waals surface area contributed by atoms with E-state index in [1.807, 2.05) is 0 Å². The molecule has 1 aliphatic heterocycles. The van der Waals surface area contributed by atoms with Crippen LogP contribution in [0.25, 0.3) is 10.9 Å². The van der Waals surface area contributed by atoms with Crippen molar-refractivity contribution in [1.29, 1.82) is 0 Å². The molecule has 0 spiro atoms. The van der Waals surface area contributed by atoms with Gasteiger partial charge in [0, 0.05) is 5.39 Å². The van der Waals surface area contributed by atoms with Gasteiger partial charge in [-0.3, -0.25) is 5.10 Å². The lowest BCUT2D eigenvalue weighted by molar-refractivity contribution is 0.460. The van der Waals surface area contributed by atoms with Crippen molar-refractivity contribution >= 4 is 22.5 Å². The van der Waals surface area contributed by atoms with Gasteiger partial charge in [-0.2, -0.15) is 5.10 Å². The van der Waals surface area contributed by atoms with Gasteiger partial charge >= 0.3 is 0 Å². The third-order valence-electron chi connectivity index (χ3n) is 3.34. The molecular formula is C12H14ClN3. The Morgan fingerprint density at radius 2 is 2.06 bits per heavy atom. The average Bonchev–Trinajstić information content (AvgIpc) is 2.72. The Hall–Kier alpha value is -1.06. The summed E-state index contributed by atoms with van der Waals surface area (Å²) in [6.45, 7) is 2.23. The Morgan fingerprint density at radius 1 is 1.25 bits per heavy atom. The number of nitrogens with zero attached hydrogens (tertiary/aromatic N) is 1. The van der Waals surface area contributed by atoms with Gasteiger partial charge in [0.1, 0.15) is 5.15 Å². The van der Waals surface area contributed by atoms with Gasteiger partial charge in [-0.1, -0.05) is 17.7 Å². The first-order chi connectivity index (χ1) is 7.84. The van der Waals surface area contributed by atoms with E-state index >= 15 is 0 Å². The van der Waals surface area contributed by atoms with Gasteiger partial charge in [-0.15, -0.1) is 0 Å². The monoisotopic (exact) mass is 235 g/mol. The van der Waals surface area contributed by atoms with Crippen molar-refractivity contribution in [1.82, 2.24) is 15.5 Å². The first-order valence-electron chi connectivity index (χ1n) is 5.69. The molecular weight excluding hydrogens is 222 g/mol. The highest BCUT2D eigenvalue weighted by Gasteiger charge is 2.16. The molecule has 0 amide bonds. The standard InChI is InChI=1S/C12H14ClN3/c13-12-10-7-9(1-2-11(10)15-16-12)8-3-5-14-6-4-8/h1-2,7-8,14H,3-6H2,(H,15,16). The molecule has 1 fully saturated rings. The summed E-state index contributed by atoms with van der Waals surface area (Å²) >= 11 is 6.05. The number of rotatable bonds is 1. The maximum absolute atomic E-state index is 6.05. The first-order valence-corrected chi connectivity index (χ1v) is 6.06. The van der Waals surface area contributed by atoms with Crippen molar-refractivity contribution in [3.05, 3.63) is 28.9 Å². The van der Waals surface area contributed by atoms with Gasteiger partial charge in [-0.05, 0) is 49.5 Å². The predicted octanol–water partition coefficient (Wildman–Crippen LogP) is 2.68. The molecule has 1 saturated heterocycles. The Morgan fingerprint density at radius 3 is 2.88 bits per heavy atom. The third-order valence-corrected chi connectivity index (χ3v) is 3.63. The van der Waals surface area contributed by atoms with Crippen molar-refractivity contribution in [2.24, 2.45) is 0 Å². The zero-order valence-corrected chi connectivity index (χ0v) is 9.72. The second-order valence-corrected chi connectivity index (χ2v) is 4.72. The summed E-state index contributed by atoms with van der Waals surface area (Å²) in [5.41, 5.74) is 2.33. The zero-order chi connectivity index (χ0) is 11.0. The minimum atomic E-state index is 0.644. The molecule has 0 aliphatic carbocycles. The molecule has 16 heavy (non-hydrogen) atoms. The molecule has 2 aromatic rings. The largest absolute Gasteiger partial charge is 0.317 e. The molecule has 2 heterocycles. The number of hydrogen-bond acceptors (Lipinski definition) is 2. The van der Waals surface area contributed by atoms with Crippen LogP contribution in [0.4, 0.5) is 0 Å². The fraction of sp³-hybridized carbons (Fsp3) is 0.417. The van der Waals surface area contributed by atoms with Crippen LogP contribution < -0.4 is 5.32 Å². The van der Waals surface area contributed by atoms with Crippen LogP contribution >= 0.6 is 11.6 Å². The molecule has 84 valence electrons. The van der Waals surface area contributed by atoms with Crippen LogP contribution in [0.2, 0.25) is 5.15 Å². The lowest BCUT2D eigenvalue weighted by atomic mass is 9.90. The Kier molecular flexibility index (Phi) is 2.58. The number of nitrogens with one attached hydrogen (secondary N) is 2. The maximum atomic E-state index is 6.05. The molecule has 0 saturated carbocycles. The van der Waals surface area contributed by atoms with Crippen LogP contribution in [0.5, 0.6) is 0 Å². The molecule has 0 bridgehead atoms. The summed E-state index contributed by atoms with van der Waals surface area (Å²) < 4.78 is 0. The van der Waals surface area contributed by atoms with E-state index in [9.17, 15) is 0 Å². The van der Waals surface area contributed by atoms with E-state index in [1.165, 1.54) is 18.4 Å². The molecule has 3 rings (SSSR count). The van der Waals surface area contributed by atoms with E-state index in [1.54, 1.807) is 0 Å². The van der Waals surface area contributed by atoms with Crippen LogP contribution in [0.15, 0.2) is 18.2 Å². The normalized spacial score (nSPS) is 18.1. The van der Waals surface area contributed by atoms with Gasteiger partial charge in [0.05, 0.1) is 5.52 Å². The van der Waals surface area contributed by atoms with Crippen molar-refractivity contribution in [2.45, 2.75) is 18.8 Å². The summed E-state index contributed by atoms with van der Waals surface area (Å²) in [7, 11) is 0. The maximum Gasteiger partial charge on any atom is 0.132 e. The molecule has 1 aromatic heterocycles. The SMILES string of the molecule is Clc1[nH]nc2ccc(C3CCNCC3)cc12. The Balaban J connectivity index is 1.99. The number of halogens is 1. The number of fused-ring (bicyclic) bond motifs is 1. The lowest BCUT2D eigenvalue weighted by Gasteiger charge is -2.22. The zero-order valence-electron chi connectivity index (χ0n) is 8.96. The Labute approximate surface area is 99.2 Å². The third kappa shape index (κ3) is 1.70. The van der Waals surface area contributed by atoms with E-state index < -0.39 is 0 Å². The number of aromatic amines is 1. The second kappa shape index (κ2) is 4.07. The number of benzene rings is 1. The molecule has 0 unspecified atom stereocenters. The smallest absolute Gasteiger partial charge is 0.132 e. The van der Waals surface area contributed by atoms with Gasteiger partial charge in [0.25, 0.3) is 0 Å². The van der Waals surface area contributed by atoms with Gasteiger partial charge in [0.2, 0.25) is 0 Å². The van der Waals surface area contributed by atoms with Crippen molar-refractivity contribution < 1.29 is 0 Å². The number of aromatic nitrogens is 2. The van der Waals surface area contributed by atoms with Crippen LogP contribution in [-0.2, 0) is 0 Å². The number of hydrogen-bond donors (Lipinski definition) is 2. The van der Waals surface area contributed by atoms with Crippen molar-refractivity contribution in [2.75, 3.05) is 13.1 Å². The lowest BCUT2D eigenvalue weighted by Crippen LogP contribution is -2.26. The molecule has 3 nitrogen and oxygen atoms in total. The van der Waals surface area contributed by atoms with Crippen molar-refractivity contribution in [3.8, 4) is 0 Å². The number of H-pyrrole nitrogens is 1. The summed E-state index contributed by atoms with van der Waals surface area (Å²) in [5.74, 6) is 0.664. The molecule has 1 aromatic carbocycles. The van der Waals surface area contributed by atoms with Crippen LogP contribution in [-0.4, -0.2) is 23.3 Å². The Bertz CT molecular complexity index is 500. The number of piperidine rings is 1. The van der Waals surface area contributed by atoms with Crippen LogP contribution in [0, 0.1) is 0 Å². The van der Waals surface area contributed by atoms with Gasteiger partial charge in [0.15, 0.2) is 0 Å². The highest BCUT2D eigenvalue weighted by Crippen LogP contribution is 2.29. The highest BCUT2D eigenvalue weighted by molar-refractivity contribution is 6.34. The van der Waals surface area contributed by atoms with E-state index in [0.717, 1.165) is 24.0 Å². The summed E-state index contributed by atoms with van der Waals surface area (Å²) in [6.07, 6.45) is 2.42. The van der Waals surface area contributed by atoms with Crippen molar-refractivity contribution in [3.63, 3.8) is 0 Å². The van der Waals surface area contributed by atoms with E-state index in [4.69, 9.17) is 11.6 Å². The predicted molar refractivity (Wildman–Crippen MR) is 65.9 cm³/mol. The topological polar surface area (TPSA) is 40.7 Å². The molecule has 1 aliphatic rings. The van der Waals surface area contributed by atoms with Crippen LogP contribution in [0.1, 0.15) is 24.3 Å². The minimum Gasteiger partial charge on any atom is -0.317 e. The highest BCUT2D eigenvalue weighted by atomic mass is 35.5. The molecule has 0 atom stereocenters. The fourth-order valence-electron chi connectivity index (χ4n) is 2.41. The molecule has 4 heteroatoms. The average molecular weight is 236 g/mol. The first kappa shape index (κ1) is 10.1. The molecule has 2 N–H and O–H groups in total.